The number of hydrogen-bond donors (Lipinski definition) is 1. The fraction of sp³-hybridized carbons (Fsp3) is 0.562. The third-order valence-corrected chi connectivity index (χ3v) is 3.89. The van der Waals surface area contributed by atoms with Gasteiger partial charge in [0.2, 0.25) is 5.91 Å². The first-order chi connectivity index (χ1) is 9.25. The lowest BCUT2D eigenvalue weighted by Gasteiger charge is -2.14. The van der Waals surface area contributed by atoms with Crippen molar-refractivity contribution in [3.63, 3.8) is 0 Å². The number of carbonyl (C=O) groups excluding carboxylic acids is 1. The Morgan fingerprint density at radius 2 is 1.95 bits per heavy atom. The van der Waals surface area contributed by atoms with Gasteiger partial charge in [-0.2, -0.15) is 0 Å². The maximum atomic E-state index is 11.1. The zero-order valence-electron chi connectivity index (χ0n) is 11.4. The van der Waals surface area contributed by atoms with Crippen LogP contribution in [0.4, 0.5) is 0 Å². The number of nitrogens with two attached hydrogens (primary N) is 1. The highest BCUT2D eigenvalue weighted by molar-refractivity contribution is 5.93. The first kappa shape index (κ1) is 13.9. The lowest BCUT2D eigenvalue weighted by Crippen LogP contribution is -2.11. The molecule has 3 heteroatoms. The number of carbonyl (C=O) groups is 1. The number of amides is 1. The molecule has 0 radical (unpaired) electrons. The van der Waals surface area contributed by atoms with Crippen LogP contribution in [0.5, 0.6) is 5.75 Å². The van der Waals surface area contributed by atoms with Gasteiger partial charge in [-0.05, 0) is 30.5 Å². The van der Waals surface area contributed by atoms with Crippen LogP contribution in [0, 0.1) is 5.92 Å². The van der Waals surface area contributed by atoms with Gasteiger partial charge >= 0.3 is 0 Å². The van der Waals surface area contributed by atoms with Crippen LogP contribution in [0.25, 0.3) is 0 Å². The predicted molar refractivity (Wildman–Crippen MR) is 76.3 cm³/mol. The molecule has 0 atom stereocenters. The van der Waals surface area contributed by atoms with E-state index in [1.54, 1.807) is 18.2 Å². The van der Waals surface area contributed by atoms with Crippen molar-refractivity contribution in [2.24, 2.45) is 11.7 Å². The van der Waals surface area contributed by atoms with Crippen molar-refractivity contribution in [3.05, 3.63) is 29.8 Å². The maximum Gasteiger partial charge on any atom is 0.248 e. The first-order valence-electron chi connectivity index (χ1n) is 7.28. The van der Waals surface area contributed by atoms with Gasteiger partial charge in [-0.3, -0.25) is 4.79 Å². The van der Waals surface area contributed by atoms with Gasteiger partial charge in [-0.25, -0.2) is 0 Å². The molecule has 1 aliphatic carbocycles. The zero-order chi connectivity index (χ0) is 13.5. The van der Waals surface area contributed by atoms with Crippen LogP contribution in [-0.2, 0) is 0 Å². The number of rotatable bonds is 5. The fourth-order valence-corrected chi connectivity index (χ4v) is 2.74. The van der Waals surface area contributed by atoms with E-state index in [1.165, 1.54) is 38.5 Å². The van der Waals surface area contributed by atoms with Gasteiger partial charge in [-0.15, -0.1) is 0 Å². The standard InChI is InChI=1S/C16H23NO2/c17-16(18)14-8-5-9-15(12-14)19-11-10-13-6-3-1-2-4-7-13/h5,8-9,12-13H,1-4,6-7,10-11H2,(H2,17,18). The minimum Gasteiger partial charge on any atom is -0.494 e. The third-order valence-electron chi connectivity index (χ3n) is 3.89. The molecule has 1 fully saturated rings. The van der Waals surface area contributed by atoms with Gasteiger partial charge in [-0.1, -0.05) is 44.6 Å². The minimum absolute atomic E-state index is 0.408. The Labute approximate surface area is 115 Å². The summed E-state index contributed by atoms with van der Waals surface area (Å²) >= 11 is 0. The SMILES string of the molecule is NC(=O)c1cccc(OCCC2CCCCCC2)c1. The number of ether oxygens (including phenoxy) is 1. The molecule has 104 valence electrons. The Balaban J connectivity index is 1.78. The molecule has 0 heterocycles. The van der Waals surface area contributed by atoms with E-state index in [2.05, 4.69) is 0 Å². The Kier molecular flexibility index (Phi) is 5.25. The largest absolute Gasteiger partial charge is 0.494 e. The Bertz CT molecular complexity index is 409. The Morgan fingerprint density at radius 3 is 2.63 bits per heavy atom. The molecule has 1 aromatic rings. The van der Waals surface area contributed by atoms with E-state index in [1.807, 2.05) is 6.07 Å². The fourth-order valence-electron chi connectivity index (χ4n) is 2.74. The van der Waals surface area contributed by atoms with Crippen molar-refractivity contribution >= 4 is 5.91 Å². The van der Waals surface area contributed by atoms with Crippen LogP contribution in [0.1, 0.15) is 55.3 Å². The average Bonchev–Trinajstić information content (AvgIpc) is 2.68. The molecule has 0 unspecified atom stereocenters. The van der Waals surface area contributed by atoms with Crippen LogP contribution in [0.15, 0.2) is 24.3 Å². The van der Waals surface area contributed by atoms with Crippen LogP contribution in [-0.4, -0.2) is 12.5 Å². The molecule has 0 aliphatic heterocycles. The van der Waals surface area contributed by atoms with Gasteiger partial charge < -0.3 is 10.5 Å². The lowest BCUT2D eigenvalue weighted by molar-refractivity contribution is 0.1000. The van der Waals surface area contributed by atoms with Gasteiger partial charge in [0.15, 0.2) is 0 Å². The summed E-state index contributed by atoms with van der Waals surface area (Å²) in [7, 11) is 0. The summed E-state index contributed by atoms with van der Waals surface area (Å²) < 4.78 is 5.73. The minimum atomic E-state index is -0.408. The molecule has 2 rings (SSSR count). The smallest absolute Gasteiger partial charge is 0.248 e. The summed E-state index contributed by atoms with van der Waals surface area (Å²) in [6, 6.07) is 7.11. The lowest BCUT2D eigenvalue weighted by atomic mass is 9.97. The second-order valence-electron chi connectivity index (χ2n) is 5.39. The average molecular weight is 261 g/mol. The van der Waals surface area contributed by atoms with Crippen LogP contribution in [0.2, 0.25) is 0 Å². The van der Waals surface area contributed by atoms with E-state index >= 15 is 0 Å². The molecule has 1 aliphatic rings. The molecule has 0 saturated heterocycles. The first-order valence-corrected chi connectivity index (χ1v) is 7.28. The topological polar surface area (TPSA) is 52.3 Å². The summed E-state index contributed by atoms with van der Waals surface area (Å²) in [6.07, 6.45) is 9.29. The van der Waals surface area contributed by atoms with Crippen molar-refractivity contribution < 1.29 is 9.53 Å². The third kappa shape index (κ3) is 4.58. The molecular formula is C16H23NO2. The second-order valence-corrected chi connectivity index (χ2v) is 5.39. The van der Waals surface area contributed by atoms with Crippen molar-refractivity contribution in [2.45, 2.75) is 44.9 Å². The van der Waals surface area contributed by atoms with Crippen molar-refractivity contribution in [2.75, 3.05) is 6.61 Å². The number of primary amides is 1. The second kappa shape index (κ2) is 7.17. The molecule has 1 amide bonds. The number of hydrogen-bond acceptors (Lipinski definition) is 2. The Morgan fingerprint density at radius 1 is 1.21 bits per heavy atom. The quantitative estimate of drug-likeness (QED) is 0.824. The summed E-state index contributed by atoms with van der Waals surface area (Å²) in [5.41, 5.74) is 5.76. The maximum absolute atomic E-state index is 11.1. The summed E-state index contributed by atoms with van der Waals surface area (Å²) in [5.74, 6) is 1.14. The van der Waals surface area contributed by atoms with Crippen LogP contribution < -0.4 is 10.5 Å². The van der Waals surface area contributed by atoms with Crippen molar-refractivity contribution in [1.29, 1.82) is 0 Å². The monoisotopic (exact) mass is 261 g/mol. The molecule has 0 aromatic heterocycles. The molecule has 19 heavy (non-hydrogen) atoms. The molecule has 1 saturated carbocycles. The highest BCUT2D eigenvalue weighted by Gasteiger charge is 2.12. The molecule has 3 nitrogen and oxygen atoms in total. The molecular weight excluding hydrogens is 238 g/mol. The van der Waals surface area contributed by atoms with E-state index in [4.69, 9.17) is 10.5 Å². The molecule has 0 bridgehead atoms. The van der Waals surface area contributed by atoms with Gasteiger partial charge in [0.05, 0.1) is 6.61 Å². The van der Waals surface area contributed by atoms with E-state index < -0.39 is 5.91 Å². The predicted octanol–water partition coefficient (Wildman–Crippen LogP) is 3.52. The zero-order valence-corrected chi connectivity index (χ0v) is 11.4. The van der Waals surface area contributed by atoms with Gasteiger partial charge in [0, 0.05) is 5.56 Å². The van der Waals surface area contributed by atoms with E-state index in [0.29, 0.717) is 5.56 Å². The number of benzene rings is 1. The highest BCUT2D eigenvalue weighted by Crippen LogP contribution is 2.25. The van der Waals surface area contributed by atoms with Crippen molar-refractivity contribution in [3.8, 4) is 5.75 Å². The highest BCUT2D eigenvalue weighted by atomic mass is 16.5. The van der Waals surface area contributed by atoms with E-state index in [9.17, 15) is 4.79 Å². The van der Waals surface area contributed by atoms with E-state index in [0.717, 1.165) is 24.7 Å². The van der Waals surface area contributed by atoms with E-state index in [-0.39, 0.29) is 0 Å². The van der Waals surface area contributed by atoms with Crippen molar-refractivity contribution in [1.82, 2.24) is 0 Å². The van der Waals surface area contributed by atoms with Crippen LogP contribution >= 0.6 is 0 Å². The Hall–Kier alpha value is -1.51. The summed E-state index contributed by atoms with van der Waals surface area (Å²) in [4.78, 5) is 11.1. The molecule has 0 spiro atoms. The van der Waals surface area contributed by atoms with Gasteiger partial charge in [0.25, 0.3) is 0 Å². The normalized spacial score (nSPS) is 16.8. The van der Waals surface area contributed by atoms with Gasteiger partial charge in [0.1, 0.15) is 5.75 Å². The molecule has 1 aromatic carbocycles. The van der Waals surface area contributed by atoms with Crippen LogP contribution in [0.3, 0.4) is 0 Å². The summed E-state index contributed by atoms with van der Waals surface area (Å²) in [6.45, 7) is 0.729. The molecule has 2 N–H and O–H groups in total. The summed E-state index contributed by atoms with van der Waals surface area (Å²) in [5, 5.41) is 0.